The monoisotopic (exact) mass is 259 g/mol. The van der Waals surface area contributed by atoms with Crippen molar-refractivity contribution in [2.24, 2.45) is 4.99 Å². The van der Waals surface area contributed by atoms with Gasteiger partial charge in [-0.05, 0) is 6.42 Å². The van der Waals surface area contributed by atoms with Crippen LogP contribution in [0.1, 0.15) is 19.8 Å². The SMILES string of the molecule is CCCCNC1=NC[C@@H]2[C@@H](O)[C@H](O)[C@@H](O)[C@@H](O)N12. The molecule has 5 N–H and O–H groups in total. The Morgan fingerprint density at radius 1 is 1.22 bits per heavy atom. The van der Waals surface area contributed by atoms with Crippen LogP contribution in [0.2, 0.25) is 0 Å². The Hall–Kier alpha value is -0.890. The van der Waals surface area contributed by atoms with Crippen molar-refractivity contribution in [3.05, 3.63) is 0 Å². The standard InChI is InChI=1S/C11H21N3O4/c1-2-3-4-12-11-13-5-6-7(15)8(16)9(17)10(18)14(6)11/h6-10,15-18H,2-5H2,1H3,(H,12,13)/t6-,7-,8+,9-,10-/m1/s1. The largest absolute Gasteiger partial charge is 0.388 e. The van der Waals surface area contributed by atoms with Crippen LogP contribution in [0, 0.1) is 0 Å². The smallest absolute Gasteiger partial charge is 0.196 e. The second-order valence-electron chi connectivity index (χ2n) is 4.80. The zero-order valence-electron chi connectivity index (χ0n) is 10.4. The van der Waals surface area contributed by atoms with E-state index in [9.17, 15) is 20.4 Å². The van der Waals surface area contributed by atoms with Crippen LogP contribution in [0.3, 0.4) is 0 Å². The maximum Gasteiger partial charge on any atom is 0.196 e. The molecule has 7 heteroatoms. The van der Waals surface area contributed by atoms with Gasteiger partial charge in [0.15, 0.2) is 12.2 Å². The fourth-order valence-electron chi connectivity index (χ4n) is 2.40. The molecule has 1 fully saturated rings. The van der Waals surface area contributed by atoms with Crippen molar-refractivity contribution < 1.29 is 20.4 Å². The molecule has 0 saturated carbocycles. The number of unbranched alkanes of at least 4 members (excludes halogenated alkanes) is 1. The Morgan fingerprint density at radius 3 is 2.61 bits per heavy atom. The minimum atomic E-state index is -1.40. The molecule has 5 atom stereocenters. The van der Waals surface area contributed by atoms with E-state index in [1.165, 1.54) is 4.90 Å². The average Bonchev–Trinajstić information content (AvgIpc) is 2.78. The van der Waals surface area contributed by atoms with Gasteiger partial charge in [0.25, 0.3) is 0 Å². The number of aliphatic imine (C=N–C) groups is 1. The highest BCUT2D eigenvalue weighted by molar-refractivity contribution is 5.82. The van der Waals surface area contributed by atoms with Gasteiger partial charge < -0.3 is 30.6 Å². The first kappa shape index (κ1) is 13.5. The molecule has 2 heterocycles. The van der Waals surface area contributed by atoms with Crippen molar-refractivity contribution in [2.75, 3.05) is 13.1 Å². The van der Waals surface area contributed by atoms with Crippen molar-refractivity contribution in [3.63, 3.8) is 0 Å². The molecular formula is C11H21N3O4. The van der Waals surface area contributed by atoms with Crippen LogP contribution in [0.4, 0.5) is 0 Å². The van der Waals surface area contributed by atoms with E-state index >= 15 is 0 Å². The summed E-state index contributed by atoms with van der Waals surface area (Å²) in [5, 5.41) is 42.2. The molecule has 0 aromatic heterocycles. The third-order valence-electron chi connectivity index (χ3n) is 3.53. The van der Waals surface area contributed by atoms with Crippen molar-refractivity contribution in [1.82, 2.24) is 10.2 Å². The van der Waals surface area contributed by atoms with Crippen molar-refractivity contribution in [2.45, 2.75) is 50.3 Å². The summed E-state index contributed by atoms with van der Waals surface area (Å²) in [5.41, 5.74) is 0. The molecule has 7 nitrogen and oxygen atoms in total. The Balaban J connectivity index is 2.05. The van der Waals surface area contributed by atoms with Gasteiger partial charge in [-0.25, -0.2) is 0 Å². The first-order chi connectivity index (χ1) is 8.57. The molecule has 0 amide bonds. The van der Waals surface area contributed by atoms with Crippen LogP contribution in [0.15, 0.2) is 4.99 Å². The topological polar surface area (TPSA) is 109 Å². The molecule has 0 aromatic rings. The molecule has 1 saturated heterocycles. The van der Waals surface area contributed by atoms with E-state index in [0.29, 0.717) is 12.5 Å². The lowest BCUT2D eigenvalue weighted by atomic mass is 9.93. The molecule has 18 heavy (non-hydrogen) atoms. The molecule has 2 aliphatic rings. The Morgan fingerprint density at radius 2 is 1.94 bits per heavy atom. The fourth-order valence-corrected chi connectivity index (χ4v) is 2.40. The van der Waals surface area contributed by atoms with Crippen LogP contribution in [0.25, 0.3) is 0 Å². The van der Waals surface area contributed by atoms with Gasteiger partial charge in [-0.3, -0.25) is 4.99 Å². The van der Waals surface area contributed by atoms with Crippen molar-refractivity contribution >= 4 is 5.96 Å². The van der Waals surface area contributed by atoms with Gasteiger partial charge in [0, 0.05) is 6.54 Å². The van der Waals surface area contributed by atoms with E-state index in [1.54, 1.807) is 0 Å². The van der Waals surface area contributed by atoms with Crippen LogP contribution in [0.5, 0.6) is 0 Å². The lowest BCUT2D eigenvalue weighted by molar-refractivity contribution is -0.192. The zero-order valence-corrected chi connectivity index (χ0v) is 10.4. The zero-order chi connectivity index (χ0) is 13.3. The summed E-state index contributed by atoms with van der Waals surface area (Å²) in [6.45, 7) is 3.09. The highest BCUT2D eigenvalue weighted by atomic mass is 16.4. The average molecular weight is 259 g/mol. The molecule has 0 unspecified atom stereocenters. The quantitative estimate of drug-likeness (QED) is 0.369. The van der Waals surface area contributed by atoms with Gasteiger partial charge in [0.1, 0.15) is 18.3 Å². The molecule has 2 aliphatic heterocycles. The van der Waals surface area contributed by atoms with Crippen LogP contribution in [-0.2, 0) is 0 Å². The summed E-state index contributed by atoms with van der Waals surface area (Å²) in [4.78, 5) is 5.67. The number of fused-ring (bicyclic) bond motifs is 1. The number of guanidine groups is 1. The van der Waals surface area contributed by atoms with Crippen LogP contribution >= 0.6 is 0 Å². The Kier molecular flexibility index (Phi) is 4.06. The molecule has 0 radical (unpaired) electrons. The van der Waals surface area contributed by atoms with Gasteiger partial charge in [0.05, 0.1) is 12.6 Å². The summed E-state index contributed by atoms with van der Waals surface area (Å²) in [6.07, 6.45) is -3.09. The molecule has 2 rings (SSSR count). The highest BCUT2D eigenvalue weighted by Gasteiger charge is 2.50. The first-order valence-corrected chi connectivity index (χ1v) is 6.36. The minimum absolute atomic E-state index is 0.302. The predicted octanol–water partition coefficient (Wildman–Crippen LogP) is -2.17. The molecule has 0 spiro atoms. The van der Waals surface area contributed by atoms with E-state index in [2.05, 4.69) is 17.2 Å². The lowest BCUT2D eigenvalue weighted by Crippen LogP contribution is -2.67. The third kappa shape index (κ3) is 2.18. The molecule has 104 valence electrons. The number of aliphatic hydroxyl groups excluding tert-OH is 4. The number of nitrogens with one attached hydrogen (secondary N) is 1. The van der Waals surface area contributed by atoms with Gasteiger partial charge >= 0.3 is 0 Å². The summed E-state index contributed by atoms with van der Waals surface area (Å²) in [5.74, 6) is 0.478. The second-order valence-corrected chi connectivity index (χ2v) is 4.80. The van der Waals surface area contributed by atoms with Crippen molar-refractivity contribution in [3.8, 4) is 0 Å². The number of rotatable bonds is 3. The lowest BCUT2D eigenvalue weighted by Gasteiger charge is -2.44. The summed E-state index contributed by atoms with van der Waals surface area (Å²) in [7, 11) is 0. The Bertz CT molecular complexity index is 325. The van der Waals surface area contributed by atoms with Gasteiger partial charge in [-0.15, -0.1) is 0 Å². The van der Waals surface area contributed by atoms with Crippen molar-refractivity contribution in [1.29, 1.82) is 0 Å². The predicted molar refractivity (Wildman–Crippen MR) is 64.9 cm³/mol. The van der Waals surface area contributed by atoms with E-state index in [4.69, 9.17) is 0 Å². The number of hydrogen-bond donors (Lipinski definition) is 5. The Labute approximate surface area is 106 Å². The summed E-state index contributed by atoms with van der Waals surface area (Å²) in [6, 6.07) is -0.484. The van der Waals surface area contributed by atoms with Gasteiger partial charge in [0.2, 0.25) is 0 Å². The second kappa shape index (κ2) is 5.40. The number of piperidine rings is 1. The number of hydrogen-bond acceptors (Lipinski definition) is 7. The minimum Gasteiger partial charge on any atom is -0.388 e. The molecular weight excluding hydrogens is 238 g/mol. The van der Waals surface area contributed by atoms with Gasteiger partial charge in [-0.2, -0.15) is 0 Å². The molecule has 0 aliphatic carbocycles. The normalized spacial score (nSPS) is 39.5. The van der Waals surface area contributed by atoms with E-state index < -0.39 is 30.6 Å². The number of nitrogens with zero attached hydrogens (tertiary/aromatic N) is 2. The fraction of sp³-hybridized carbons (Fsp3) is 0.909. The van der Waals surface area contributed by atoms with Gasteiger partial charge in [-0.1, -0.05) is 13.3 Å². The maximum absolute atomic E-state index is 9.95. The third-order valence-corrected chi connectivity index (χ3v) is 3.53. The van der Waals surface area contributed by atoms with E-state index in [-0.39, 0.29) is 0 Å². The maximum atomic E-state index is 9.95. The molecule has 0 aromatic carbocycles. The summed E-state index contributed by atoms with van der Waals surface area (Å²) < 4.78 is 0. The molecule has 0 bridgehead atoms. The highest BCUT2D eigenvalue weighted by Crippen LogP contribution is 2.26. The first-order valence-electron chi connectivity index (χ1n) is 6.36. The van der Waals surface area contributed by atoms with E-state index in [0.717, 1.165) is 19.4 Å². The number of aliphatic hydroxyl groups is 4. The summed E-state index contributed by atoms with van der Waals surface area (Å²) >= 11 is 0. The van der Waals surface area contributed by atoms with E-state index in [1.807, 2.05) is 0 Å². The van der Waals surface area contributed by atoms with Crippen LogP contribution in [-0.4, -0.2) is 75.0 Å². The van der Waals surface area contributed by atoms with Crippen LogP contribution < -0.4 is 5.32 Å².